The Morgan fingerprint density at radius 2 is 2.12 bits per heavy atom. The lowest BCUT2D eigenvalue weighted by Gasteiger charge is -2.38. The van der Waals surface area contributed by atoms with E-state index in [0.29, 0.717) is 18.9 Å². The number of carbonyl (C=O) groups is 1. The van der Waals surface area contributed by atoms with Crippen molar-refractivity contribution in [2.45, 2.75) is 52.0 Å². The third-order valence-corrected chi connectivity index (χ3v) is 9.12. The fraction of sp³-hybridized carbons (Fsp3) is 0.722. The Kier molecular flexibility index (Phi) is 3.52. The van der Waals surface area contributed by atoms with Gasteiger partial charge in [-0.3, -0.25) is 4.79 Å². The number of carbonyl (C=O) groups excluding carboxylic acids is 1. The fourth-order valence-electron chi connectivity index (χ4n) is 5.44. The van der Waals surface area contributed by atoms with Crippen molar-refractivity contribution in [3.05, 3.63) is 24.0 Å². The van der Waals surface area contributed by atoms with E-state index < -0.39 is 15.4 Å². The van der Waals surface area contributed by atoms with Crippen LogP contribution in [0.1, 0.15) is 57.7 Å². The van der Waals surface area contributed by atoms with Crippen LogP contribution in [0.3, 0.4) is 0 Å². The summed E-state index contributed by atoms with van der Waals surface area (Å²) in [6, 6.07) is 3.74. The molecule has 2 saturated carbocycles. The lowest BCUT2D eigenvalue weighted by atomic mass is 9.70. The Balaban J connectivity index is 1.65. The van der Waals surface area contributed by atoms with Crippen LogP contribution in [0.2, 0.25) is 0 Å². The third-order valence-electron chi connectivity index (χ3n) is 7.11. The van der Waals surface area contributed by atoms with Gasteiger partial charge in [0.15, 0.2) is 0 Å². The molecule has 1 aromatic rings. The largest absolute Gasteiger partial charge is 0.364 e. The van der Waals surface area contributed by atoms with Crippen molar-refractivity contribution in [2.24, 2.45) is 16.7 Å². The molecule has 5 nitrogen and oxygen atoms in total. The van der Waals surface area contributed by atoms with E-state index in [2.05, 4.69) is 18.8 Å². The van der Waals surface area contributed by atoms with Gasteiger partial charge in [0.1, 0.15) is 5.78 Å². The van der Waals surface area contributed by atoms with E-state index >= 15 is 0 Å². The van der Waals surface area contributed by atoms with Crippen LogP contribution in [0.25, 0.3) is 0 Å². The van der Waals surface area contributed by atoms with E-state index in [1.165, 1.54) is 0 Å². The first-order valence-corrected chi connectivity index (χ1v) is 10.5. The highest BCUT2D eigenvalue weighted by Gasteiger charge is 2.65. The van der Waals surface area contributed by atoms with E-state index in [-0.39, 0.29) is 23.0 Å². The number of ketones is 1. The first-order valence-electron chi connectivity index (χ1n) is 8.94. The second-order valence-corrected chi connectivity index (χ2v) is 10.2. The normalized spacial score (nSPS) is 35.8. The Bertz CT molecular complexity index is 753. The standard InChI is InChI=1S/C18H26N2O3S/c1-17(2)13-7-8-18(17,16(21)11-13)12-24(22,23)20-10-4-6-15(20)14-5-3-9-19-14/h3,5,9,13,15,19H,4,6-8,10-12H2,1-2H3/t13-,15+,18+/m0/s1. The minimum absolute atomic E-state index is 0.0143. The number of fused-ring (bicyclic) bond motifs is 2. The minimum atomic E-state index is -3.47. The molecular formula is C18H26N2O3S. The van der Waals surface area contributed by atoms with Gasteiger partial charge in [-0.1, -0.05) is 13.8 Å². The molecule has 6 heteroatoms. The van der Waals surface area contributed by atoms with Gasteiger partial charge in [-0.05, 0) is 49.1 Å². The number of aromatic amines is 1. The van der Waals surface area contributed by atoms with Crippen LogP contribution in [0.5, 0.6) is 0 Å². The number of nitrogens with one attached hydrogen (secondary N) is 1. The molecule has 0 unspecified atom stereocenters. The summed E-state index contributed by atoms with van der Waals surface area (Å²) in [7, 11) is -3.47. The molecule has 132 valence electrons. The lowest BCUT2D eigenvalue weighted by molar-refractivity contribution is -0.128. The van der Waals surface area contributed by atoms with Crippen LogP contribution >= 0.6 is 0 Å². The summed E-state index contributed by atoms with van der Waals surface area (Å²) in [5, 5.41) is 0. The molecule has 0 amide bonds. The van der Waals surface area contributed by atoms with Crippen LogP contribution < -0.4 is 0 Å². The van der Waals surface area contributed by atoms with Crippen molar-refractivity contribution in [2.75, 3.05) is 12.3 Å². The van der Waals surface area contributed by atoms with E-state index in [1.807, 2.05) is 18.3 Å². The third kappa shape index (κ3) is 2.08. The highest BCUT2D eigenvalue weighted by atomic mass is 32.2. The summed E-state index contributed by atoms with van der Waals surface area (Å²) >= 11 is 0. The van der Waals surface area contributed by atoms with E-state index in [4.69, 9.17) is 0 Å². The number of Topliss-reactive ketones (excluding diaryl/α,β-unsaturated/α-hetero) is 1. The smallest absolute Gasteiger partial charge is 0.215 e. The predicted octanol–water partition coefficient (Wildman–Crippen LogP) is 2.88. The maximum absolute atomic E-state index is 13.3. The summed E-state index contributed by atoms with van der Waals surface area (Å²) < 4.78 is 28.2. The minimum Gasteiger partial charge on any atom is -0.364 e. The highest BCUT2D eigenvalue weighted by Crippen LogP contribution is 2.64. The maximum Gasteiger partial charge on any atom is 0.215 e. The summed E-state index contributed by atoms with van der Waals surface area (Å²) in [5.74, 6) is 0.500. The Morgan fingerprint density at radius 3 is 2.71 bits per heavy atom. The van der Waals surface area contributed by atoms with Crippen molar-refractivity contribution in [1.29, 1.82) is 0 Å². The van der Waals surface area contributed by atoms with Crippen molar-refractivity contribution in [3.8, 4) is 0 Å². The van der Waals surface area contributed by atoms with Gasteiger partial charge in [0.25, 0.3) is 0 Å². The van der Waals surface area contributed by atoms with Crippen molar-refractivity contribution in [3.63, 3.8) is 0 Å². The molecule has 1 aliphatic heterocycles. The number of hydrogen-bond acceptors (Lipinski definition) is 3. The van der Waals surface area contributed by atoms with Gasteiger partial charge in [-0.25, -0.2) is 8.42 Å². The second-order valence-electron chi connectivity index (χ2n) is 8.32. The van der Waals surface area contributed by atoms with E-state index in [9.17, 15) is 13.2 Å². The number of H-pyrrole nitrogens is 1. The summed E-state index contributed by atoms with van der Waals surface area (Å²) in [5.41, 5.74) is 0.0629. The van der Waals surface area contributed by atoms with Gasteiger partial charge in [0.05, 0.1) is 11.8 Å². The van der Waals surface area contributed by atoms with Gasteiger partial charge < -0.3 is 4.98 Å². The van der Waals surface area contributed by atoms with Crippen molar-refractivity contribution < 1.29 is 13.2 Å². The molecule has 1 saturated heterocycles. The maximum atomic E-state index is 13.3. The topological polar surface area (TPSA) is 70.2 Å². The Hall–Kier alpha value is -1.14. The van der Waals surface area contributed by atoms with Crippen molar-refractivity contribution in [1.82, 2.24) is 9.29 Å². The Morgan fingerprint density at radius 1 is 1.33 bits per heavy atom. The quantitative estimate of drug-likeness (QED) is 0.908. The SMILES string of the molecule is CC1(C)[C@H]2CC[C@@]1(CS(=O)(=O)N1CCC[C@@H]1c1ccc[nH]1)C(=O)C2. The van der Waals surface area contributed by atoms with Gasteiger partial charge in [-0.2, -0.15) is 4.31 Å². The number of sulfonamides is 1. The average Bonchev–Trinajstić information content (AvgIpc) is 3.24. The monoisotopic (exact) mass is 350 g/mol. The van der Waals surface area contributed by atoms with Gasteiger partial charge in [0.2, 0.25) is 10.0 Å². The lowest BCUT2D eigenvalue weighted by Crippen LogP contribution is -2.46. The van der Waals surface area contributed by atoms with E-state index in [1.54, 1.807) is 4.31 Å². The van der Waals surface area contributed by atoms with Crippen LogP contribution in [-0.2, 0) is 14.8 Å². The van der Waals surface area contributed by atoms with Gasteiger partial charge in [0, 0.05) is 30.3 Å². The molecule has 4 rings (SSSR count). The number of nitrogens with zero attached hydrogens (tertiary/aromatic N) is 1. The zero-order valence-electron chi connectivity index (χ0n) is 14.4. The number of rotatable bonds is 4. The van der Waals surface area contributed by atoms with Crippen LogP contribution in [0, 0.1) is 16.7 Å². The molecule has 0 spiro atoms. The van der Waals surface area contributed by atoms with Crippen LogP contribution in [0.4, 0.5) is 0 Å². The molecule has 0 radical (unpaired) electrons. The average molecular weight is 350 g/mol. The van der Waals surface area contributed by atoms with Gasteiger partial charge >= 0.3 is 0 Å². The molecule has 24 heavy (non-hydrogen) atoms. The van der Waals surface area contributed by atoms with Crippen LogP contribution in [-0.4, -0.2) is 35.8 Å². The van der Waals surface area contributed by atoms with Crippen LogP contribution in [0.15, 0.2) is 18.3 Å². The molecular weight excluding hydrogens is 324 g/mol. The summed E-state index contributed by atoms with van der Waals surface area (Å²) in [4.78, 5) is 15.8. The first kappa shape index (κ1) is 16.3. The molecule has 2 bridgehead atoms. The number of aromatic nitrogens is 1. The zero-order chi connectivity index (χ0) is 17.2. The van der Waals surface area contributed by atoms with E-state index in [0.717, 1.165) is 31.4 Å². The second kappa shape index (κ2) is 5.18. The molecule has 3 fully saturated rings. The Labute approximate surface area is 143 Å². The van der Waals surface area contributed by atoms with Gasteiger partial charge in [-0.15, -0.1) is 0 Å². The fourth-order valence-corrected chi connectivity index (χ4v) is 7.92. The summed E-state index contributed by atoms with van der Waals surface area (Å²) in [6.07, 6.45) is 5.81. The molecule has 2 heterocycles. The molecule has 1 N–H and O–H groups in total. The molecule has 1 aromatic heterocycles. The molecule has 3 aliphatic rings. The predicted molar refractivity (Wildman–Crippen MR) is 91.8 cm³/mol. The molecule has 0 aromatic carbocycles. The highest BCUT2D eigenvalue weighted by molar-refractivity contribution is 7.89. The summed E-state index contributed by atoms with van der Waals surface area (Å²) in [6.45, 7) is 4.75. The molecule has 2 aliphatic carbocycles. The zero-order valence-corrected chi connectivity index (χ0v) is 15.2. The first-order chi connectivity index (χ1) is 11.3. The molecule has 3 atom stereocenters. The number of hydrogen-bond donors (Lipinski definition) is 1. The van der Waals surface area contributed by atoms with Crippen molar-refractivity contribution >= 4 is 15.8 Å².